The molecule has 0 spiro atoms. The number of hydrogen-bond acceptors (Lipinski definition) is 5. The van der Waals surface area contributed by atoms with Gasteiger partial charge in [0.15, 0.2) is 0 Å². The number of nitrogens with zero attached hydrogens (tertiary/aromatic N) is 2. The molecule has 0 aliphatic carbocycles. The van der Waals surface area contributed by atoms with Crippen LogP contribution in [0.2, 0.25) is 0 Å². The van der Waals surface area contributed by atoms with E-state index in [-0.39, 0.29) is 11.3 Å². The molecule has 1 amide bonds. The molecule has 0 saturated heterocycles. The Balaban J connectivity index is 2.05. The van der Waals surface area contributed by atoms with E-state index >= 15 is 0 Å². The summed E-state index contributed by atoms with van der Waals surface area (Å²) in [4.78, 5) is 27.6. The van der Waals surface area contributed by atoms with E-state index in [0.717, 1.165) is 14.8 Å². The number of aryl methyl sites for hydroxylation is 2. The third kappa shape index (κ3) is 4.45. The molecule has 1 heterocycles. The highest BCUT2D eigenvalue weighted by Gasteiger charge is 2.20. The maximum Gasteiger partial charge on any atom is 0.270 e. The van der Waals surface area contributed by atoms with Crippen LogP contribution < -0.4 is 10.6 Å². The van der Waals surface area contributed by atoms with Crippen LogP contribution in [0.25, 0.3) is 0 Å². The molecule has 8 heteroatoms. The quantitative estimate of drug-likeness (QED) is 0.292. The van der Waals surface area contributed by atoms with Crippen LogP contribution in [0.5, 0.6) is 0 Å². The summed E-state index contributed by atoms with van der Waals surface area (Å²) in [6.07, 6.45) is 3.12. The molecular weight excluding hydrogens is 471 g/mol. The molecule has 142 valence electrons. The number of hydrogen-bond donors (Lipinski definition) is 2. The number of nitrogens with one attached hydrogen (secondary N) is 2. The Kier molecular flexibility index (Phi) is 5.88. The average Bonchev–Trinajstić information content (AvgIpc) is 2.65. The topological polar surface area (TPSA) is 97.2 Å². The van der Waals surface area contributed by atoms with E-state index in [2.05, 4.69) is 38.2 Å². The van der Waals surface area contributed by atoms with Crippen molar-refractivity contribution in [2.75, 3.05) is 10.6 Å². The predicted molar refractivity (Wildman–Crippen MR) is 117 cm³/mol. The monoisotopic (exact) mass is 488 g/mol. The number of halogens is 1. The first-order valence-corrected chi connectivity index (χ1v) is 9.46. The SMILES string of the molecule is Cc1cc(I)ccc1Nc1c(C)cc([N+](=O)[O-])cc1C(=O)Nc1ccncc1. The zero-order chi connectivity index (χ0) is 20.3. The lowest BCUT2D eigenvalue weighted by molar-refractivity contribution is -0.384. The molecule has 7 nitrogen and oxygen atoms in total. The molecule has 0 radical (unpaired) electrons. The van der Waals surface area contributed by atoms with Gasteiger partial charge in [-0.2, -0.15) is 0 Å². The summed E-state index contributed by atoms with van der Waals surface area (Å²) in [7, 11) is 0. The Morgan fingerprint density at radius 3 is 2.43 bits per heavy atom. The Morgan fingerprint density at radius 2 is 1.79 bits per heavy atom. The fourth-order valence-electron chi connectivity index (χ4n) is 2.75. The molecule has 0 bridgehead atoms. The van der Waals surface area contributed by atoms with Gasteiger partial charge in [0.25, 0.3) is 11.6 Å². The zero-order valence-electron chi connectivity index (χ0n) is 15.2. The van der Waals surface area contributed by atoms with Gasteiger partial charge in [-0.15, -0.1) is 0 Å². The van der Waals surface area contributed by atoms with E-state index in [4.69, 9.17) is 0 Å². The normalized spacial score (nSPS) is 10.4. The van der Waals surface area contributed by atoms with E-state index in [1.165, 1.54) is 12.1 Å². The van der Waals surface area contributed by atoms with Crippen molar-refractivity contribution in [2.45, 2.75) is 13.8 Å². The maximum absolute atomic E-state index is 12.9. The molecule has 0 saturated carbocycles. The lowest BCUT2D eigenvalue weighted by Crippen LogP contribution is -2.15. The van der Waals surface area contributed by atoms with Crippen LogP contribution >= 0.6 is 22.6 Å². The summed E-state index contributed by atoms with van der Waals surface area (Å²) in [6, 6.07) is 11.9. The van der Waals surface area contributed by atoms with E-state index in [1.807, 2.05) is 25.1 Å². The first-order valence-electron chi connectivity index (χ1n) is 8.39. The van der Waals surface area contributed by atoms with Gasteiger partial charge in [0.05, 0.1) is 16.2 Å². The van der Waals surface area contributed by atoms with Crippen LogP contribution in [0.3, 0.4) is 0 Å². The minimum absolute atomic E-state index is 0.137. The van der Waals surface area contributed by atoms with Crippen molar-refractivity contribution in [1.29, 1.82) is 0 Å². The van der Waals surface area contributed by atoms with Gasteiger partial charge in [0.2, 0.25) is 0 Å². The number of nitro groups is 1. The van der Waals surface area contributed by atoms with Gasteiger partial charge in [0, 0.05) is 39.5 Å². The first-order chi connectivity index (χ1) is 13.3. The number of benzene rings is 2. The molecule has 3 rings (SSSR count). The number of nitro benzene ring substituents is 1. The maximum atomic E-state index is 12.9. The van der Waals surface area contributed by atoms with Crippen molar-refractivity contribution in [3.05, 3.63) is 85.2 Å². The highest BCUT2D eigenvalue weighted by molar-refractivity contribution is 14.1. The van der Waals surface area contributed by atoms with Crippen molar-refractivity contribution in [1.82, 2.24) is 4.98 Å². The number of carbonyl (C=O) groups excluding carboxylic acids is 1. The predicted octanol–water partition coefficient (Wildman–Crippen LogP) is 5.21. The summed E-state index contributed by atoms with van der Waals surface area (Å²) in [5.74, 6) is -0.441. The molecule has 0 atom stereocenters. The third-order valence-electron chi connectivity index (χ3n) is 4.16. The zero-order valence-corrected chi connectivity index (χ0v) is 17.4. The van der Waals surface area contributed by atoms with Gasteiger partial charge < -0.3 is 10.6 Å². The van der Waals surface area contributed by atoms with Crippen LogP contribution in [0, 0.1) is 27.5 Å². The minimum atomic E-state index is -0.504. The van der Waals surface area contributed by atoms with Gasteiger partial charge in [-0.1, -0.05) is 0 Å². The van der Waals surface area contributed by atoms with Crippen molar-refractivity contribution >= 4 is 51.2 Å². The van der Waals surface area contributed by atoms with Crippen molar-refractivity contribution in [3.8, 4) is 0 Å². The summed E-state index contributed by atoms with van der Waals surface area (Å²) in [5.41, 5.74) is 3.58. The van der Waals surface area contributed by atoms with E-state index in [0.29, 0.717) is 16.9 Å². The molecule has 0 unspecified atom stereocenters. The molecule has 3 aromatic rings. The highest BCUT2D eigenvalue weighted by Crippen LogP contribution is 2.31. The second-order valence-corrected chi connectivity index (χ2v) is 7.46. The van der Waals surface area contributed by atoms with Gasteiger partial charge in [0.1, 0.15) is 0 Å². The molecule has 28 heavy (non-hydrogen) atoms. The molecule has 2 N–H and O–H groups in total. The van der Waals surface area contributed by atoms with Crippen molar-refractivity contribution < 1.29 is 9.72 Å². The highest BCUT2D eigenvalue weighted by atomic mass is 127. The second-order valence-electron chi connectivity index (χ2n) is 6.22. The first kappa shape index (κ1) is 19.7. The Morgan fingerprint density at radius 1 is 1.07 bits per heavy atom. The number of non-ortho nitro benzene ring substituents is 1. The van der Waals surface area contributed by atoms with Gasteiger partial charge in [-0.3, -0.25) is 19.9 Å². The number of pyridine rings is 1. The lowest BCUT2D eigenvalue weighted by atomic mass is 10.0. The van der Waals surface area contributed by atoms with Gasteiger partial charge in [-0.25, -0.2) is 0 Å². The summed E-state index contributed by atoms with van der Waals surface area (Å²) >= 11 is 2.23. The van der Waals surface area contributed by atoms with Crippen LogP contribution in [-0.4, -0.2) is 15.8 Å². The van der Waals surface area contributed by atoms with Gasteiger partial charge >= 0.3 is 0 Å². The van der Waals surface area contributed by atoms with Crippen LogP contribution in [-0.2, 0) is 0 Å². The average molecular weight is 488 g/mol. The smallest absolute Gasteiger partial charge is 0.270 e. The fourth-order valence-corrected chi connectivity index (χ4v) is 3.40. The second kappa shape index (κ2) is 8.34. The van der Waals surface area contributed by atoms with E-state index in [1.54, 1.807) is 31.5 Å². The minimum Gasteiger partial charge on any atom is -0.354 e. The molecular formula is C20H17IN4O3. The fraction of sp³-hybridized carbons (Fsp3) is 0.100. The standard InChI is InChI=1S/C20H17IN4O3/c1-12-9-14(21)3-4-18(12)24-19-13(2)10-16(25(27)28)11-17(19)20(26)23-15-5-7-22-8-6-15/h3-11,24H,1-2H3,(H,22,23,26). The molecule has 1 aromatic heterocycles. The number of aromatic nitrogens is 1. The molecule has 2 aromatic carbocycles. The molecule has 0 aliphatic heterocycles. The number of rotatable bonds is 5. The van der Waals surface area contributed by atoms with Crippen molar-refractivity contribution in [2.24, 2.45) is 0 Å². The van der Waals surface area contributed by atoms with Crippen LogP contribution in [0.1, 0.15) is 21.5 Å². The molecule has 0 fully saturated rings. The van der Waals surface area contributed by atoms with E-state index in [9.17, 15) is 14.9 Å². The summed E-state index contributed by atoms with van der Waals surface area (Å²) < 4.78 is 1.09. The lowest BCUT2D eigenvalue weighted by Gasteiger charge is -2.16. The Hall–Kier alpha value is -3.01. The number of amides is 1. The van der Waals surface area contributed by atoms with Crippen LogP contribution in [0.15, 0.2) is 54.9 Å². The van der Waals surface area contributed by atoms with E-state index < -0.39 is 10.8 Å². The van der Waals surface area contributed by atoms with Crippen molar-refractivity contribution in [3.63, 3.8) is 0 Å². The molecule has 0 aliphatic rings. The Bertz CT molecular complexity index is 1050. The summed E-state index contributed by atoms with van der Waals surface area (Å²) in [5, 5.41) is 17.3. The largest absolute Gasteiger partial charge is 0.354 e. The van der Waals surface area contributed by atoms with Gasteiger partial charge in [-0.05, 0) is 77.9 Å². The van der Waals surface area contributed by atoms with Crippen LogP contribution in [0.4, 0.5) is 22.7 Å². The third-order valence-corrected chi connectivity index (χ3v) is 4.83. The summed E-state index contributed by atoms with van der Waals surface area (Å²) in [6.45, 7) is 3.70. The number of anilines is 3. The Labute approximate surface area is 175 Å². The number of carbonyl (C=O) groups is 1.